The molecule has 0 aromatic rings. The highest BCUT2D eigenvalue weighted by Crippen LogP contribution is 1.92. The van der Waals surface area contributed by atoms with Crippen LogP contribution in [-0.2, 0) is 24.3 Å². The van der Waals surface area contributed by atoms with Gasteiger partial charge in [0, 0.05) is 25.7 Å². The van der Waals surface area contributed by atoms with Gasteiger partial charge in [0.2, 0.25) is 10.0 Å². The number of nitrogens with zero attached hydrogens (tertiary/aromatic N) is 1. The first-order valence-corrected chi connectivity index (χ1v) is 6.07. The number of sulfonamides is 1. The number of likely N-dealkylation sites (N-methyl/N-ethyl adjacent to an activating group) is 1. The zero-order chi connectivity index (χ0) is 12.8. The van der Waals surface area contributed by atoms with E-state index >= 15 is 0 Å². The van der Waals surface area contributed by atoms with E-state index in [2.05, 4.69) is 4.74 Å². The van der Waals surface area contributed by atoms with Gasteiger partial charge in [0.05, 0.1) is 6.26 Å². The van der Waals surface area contributed by atoms with Crippen molar-refractivity contribution in [1.29, 1.82) is 0 Å². The van der Waals surface area contributed by atoms with Gasteiger partial charge in [0.1, 0.15) is 6.61 Å². The van der Waals surface area contributed by atoms with Crippen molar-refractivity contribution in [1.82, 2.24) is 4.31 Å². The second kappa shape index (κ2) is 6.23. The van der Waals surface area contributed by atoms with Crippen LogP contribution in [0.5, 0.6) is 0 Å². The molecule has 0 saturated carbocycles. The van der Waals surface area contributed by atoms with E-state index in [9.17, 15) is 18.0 Å². The second-order valence-electron chi connectivity index (χ2n) is 2.92. The third-order valence-electron chi connectivity index (χ3n) is 1.58. The van der Waals surface area contributed by atoms with Crippen molar-refractivity contribution in [2.45, 2.75) is 0 Å². The number of hydrogen-bond donors (Lipinski definition) is 1. The van der Waals surface area contributed by atoms with Gasteiger partial charge >= 0.3 is 11.9 Å². The molecule has 0 amide bonds. The Bertz CT molecular complexity index is 385. The molecule has 92 valence electrons. The molecule has 0 atom stereocenters. The van der Waals surface area contributed by atoms with E-state index < -0.39 is 22.0 Å². The van der Waals surface area contributed by atoms with E-state index in [0.717, 1.165) is 16.6 Å². The SMILES string of the molecule is CN(CCOC(=O)/C=C/C(=O)O)S(C)(=O)=O. The molecule has 0 unspecified atom stereocenters. The third-order valence-corrected chi connectivity index (χ3v) is 2.89. The summed E-state index contributed by atoms with van der Waals surface area (Å²) in [5.74, 6) is -2.09. The standard InChI is InChI=1S/C8H13NO6S/c1-9(16(2,13)14)5-6-15-8(12)4-3-7(10)11/h3-4H,5-6H2,1-2H3,(H,10,11)/b4-3+. The molecule has 0 aliphatic carbocycles. The lowest BCUT2D eigenvalue weighted by atomic mass is 10.5. The number of esters is 1. The smallest absolute Gasteiger partial charge is 0.331 e. The highest BCUT2D eigenvalue weighted by molar-refractivity contribution is 7.88. The lowest BCUT2D eigenvalue weighted by Crippen LogP contribution is -2.29. The molecule has 0 spiro atoms. The highest BCUT2D eigenvalue weighted by Gasteiger charge is 2.10. The minimum Gasteiger partial charge on any atom is -0.478 e. The summed E-state index contributed by atoms with van der Waals surface area (Å²) < 4.78 is 27.4. The molecule has 0 saturated heterocycles. The molecule has 0 rings (SSSR count). The Morgan fingerprint density at radius 1 is 1.38 bits per heavy atom. The number of carboxylic acid groups (broad SMARTS) is 1. The van der Waals surface area contributed by atoms with Crippen LogP contribution in [0.4, 0.5) is 0 Å². The van der Waals surface area contributed by atoms with Crippen LogP contribution >= 0.6 is 0 Å². The molecular weight excluding hydrogens is 238 g/mol. The van der Waals surface area contributed by atoms with Crippen molar-refractivity contribution in [3.05, 3.63) is 12.2 Å². The van der Waals surface area contributed by atoms with Crippen LogP contribution in [0.2, 0.25) is 0 Å². The minimum absolute atomic E-state index is 0.0193. The number of rotatable bonds is 6. The molecule has 16 heavy (non-hydrogen) atoms. The molecule has 0 bridgehead atoms. The largest absolute Gasteiger partial charge is 0.478 e. The van der Waals surface area contributed by atoms with E-state index in [-0.39, 0.29) is 13.2 Å². The highest BCUT2D eigenvalue weighted by atomic mass is 32.2. The summed E-state index contributed by atoms with van der Waals surface area (Å²) in [6.45, 7) is -0.113. The third kappa shape index (κ3) is 6.96. The van der Waals surface area contributed by atoms with Gasteiger partial charge in [-0.15, -0.1) is 0 Å². The van der Waals surface area contributed by atoms with Crippen molar-refractivity contribution < 1.29 is 27.9 Å². The van der Waals surface area contributed by atoms with Crippen LogP contribution in [0.15, 0.2) is 12.2 Å². The fourth-order valence-electron chi connectivity index (χ4n) is 0.628. The van der Waals surface area contributed by atoms with Crippen molar-refractivity contribution in [2.24, 2.45) is 0 Å². The number of ether oxygens (including phenoxy) is 1. The van der Waals surface area contributed by atoms with Crippen LogP contribution in [0.25, 0.3) is 0 Å². The van der Waals surface area contributed by atoms with Gasteiger partial charge in [-0.25, -0.2) is 22.3 Å². The average molecular weight is 251 g/mol. The summed E-state index contributed by atoms with van der Waals surface area (Å²) in [7, 11) is -1.95. The molecule has 1 N–H and O–H groups in total. The number of carboxylic acids is 1. The van der Waals surface area contributed by atoms with Crippen LogP contribution in [-0.4, -0.2) is 56.2 Å². The second-order valence-corrected chi connectivity index (χ2v) is 5.01. The van der Waals surface area contributed by atoms with Gasteiger partial charge in [0.25, 0.3) is 0 Å². The normalized spacial score (nSPS) is 11.9. The summed E-state index contributed by atoms with van der Waals surface area (Å²) in [6, 6.07) is 0. The summed E-state index contributed by atoms with van der Waals surface area (Å²) >= 11 is 0. The quantitative estimate of drug-likeness (QED) is 0.483. The van der Waals surface area contributed by atoms with Crippen molar-refractivity contribution >= 4 is 22.0 Å². The Balaban J connectivity index is 3.92. The molecule has 7 nitrogen and oxygen atoms in total. The van der Waals surface area contributed by atoms with Gasteiger partial charge in [0.15, 0.2) is 0 Å². The zero-order valence-electron chi connectivity index (χ0n) is 8.91. The molecule has 0 aliphatic rings. The maximum Gasteiger partial charge on any atom is 0.331 e. The first-order valence-electron chi connectivity index (χ1n) is 4.22. The van der Waals surface area contributed by atoms with Gasteiger partial charge in [-0.05, 0) is 0 Å². The molecule has 0 aromatic carbocycles. The molecule has 0 heterocycles. The van der Waals surface area contributed by atoms with Crippen LogP contribution in [0.1, 0.15) is 0 Å². The Kier molecular flexibility index (Phi) is 5.68. The minimum atomic E-state index is -3.30. The van der Waals surface area contributed by atoms with Crippen LogP contribution in [0.3, 0.4) is 0 Å². The van der Waals surface area contributed by atoms with Gasteiger partial charge in [-0.2, -0.15) is 0 Å². The van der Waals surface area contributed by atoms with Crippen molar-refractivity contribution in [3.8, 4) is 0 Å². The molecule has 0 fully saturated rings. The number of carbonyl (C=O) groups is 2. The maximum absolute atomic E-state index is 10.9. The number of hydrogen-bond acceptors (Lipinski definition) is 5. The fourth-order valence-corrected chi connectivity index (χ4v) is 1.03. The van der Waals surface area contributed by atoms with E-state index in [1.54, 1.807) is 0 Å². The lowest BCUT2D eigenvalue weighted by Gasteiger charge is -2.12. The maximum atomic E-state index is 10.9. The van der Waals surface area contributed by atoms with E-state index in [4.69, 9.17) is 5.11 Å². The molecule has 0 aromatic heterocycles. The zero-order valence-corrected chi connectivity index (χ0v) is 9.73. The fraction of sp³-hybridized carbons (Fsp3) is 0.500. The van der Waals surface area contributed by atoms with E-state index in [1.165, 1.54) is 7.05 Å². The first-order chi connectivity index (χ1) is 7.23. The average Bonchev–Trinajstić information content (AvgIpc) is 2.13. The van der Waals surface area contributed by atoms with Gasteiger partial charge < -0.3 is 9.84 Å². The predicted molar refractivity (Wildman–Crippen MR) is 55.2 cm³/mol. The first kappa shape index (κ1) is 14.6. The van der Waals surface area contributed by atoms with Crippen LogP contribution in [0, 0.1) is 0 Å². The Morgan fingerprint density at radius 2 is 1.94 bits per heavy atom. The van der Waals surface area contributed by atoms with Crippen molar-refractivity contribution in [3.63, 3.8) is 0 Å². The molecule has 8 heteroatoms. The summed E-state index contributed by atoms with van der Waals surface area (Å²) in [5.41, 5.74) is 0. The van der Waals surface area contributed by atoms with E-state index in [1.807, 2.05) is 0 Å². The number of aliphatic carboxylic acids is 1. The predicted octanol–water partition coefficient (Wildman–Crippen LogP) is -0.938. The lowest BCUT2D eigenvalue weighted by molar-refractivity contribution is -0.138. The molecular formula is C8H13NO6S. The van der Waals surface area contributed by atoms with E-state index in [0.29, 0.717) is 6.08 Å². The Morgan fingerprint density at radius 3 is 2.38 bits per heavy atom. The Hall–Kier alpha value is -1.41. The number of carbonyl (C=O) groups excluding carboxylic acids is 1. The molecule has 0 aliphatic heterocycles. The molecule has 0 radical (unpaired) electrons. The topological polar surface area (TPSA) is 101 Å². The summed E-state index contributed by atoms with van der Waals surface area (Å²) in [5, 5.41) is 8.20. The summed E-state index contributed by atoms with van der Waals surface area (Å²) in [6.07, 6.45) is 2.42. The van der Waals surface area contributed by atoms with Gasteiger partial charge in [-0.3, -0.25) is 0 Å². The van der Waals surface area contributed by atoms with Crippen molar-refractivity contribution in [2.75, 3.05) is 26.5 Å². The Labute approximate surface area is 93.4 Å². The van der Waals surface area contributed by atoms with Crippen LogP contribution < -0.4 is 0 Å². The summed E-state index contributed by atoms with van der Waals surface area (Å²) in [4.78, 5) is 20.9. The van der Waals surface area contributed by atoms with Gasteiger partial charge in [-0.1, -0.05) is 0 Å². The monoisotopic (exact) mass is 251 g/mol.